The summed E-state index contributed by atoms with van der Waals surface area (Å²) in [6.45, 7) is 11.1. The maximum absolute atomic E-state index is 12.6. The highest BCUT2D eigenvalue weighted by molar-refractivity contribution is 5.74. The minimum Gasteiger partial charge on any atom is -0.396 e. The zero-order valence-electron chi connectivity index (χ0n) is 26.7. The Hall–Kier alpha value is -2.13. The summed E-state index contributed by atoms with van der Waals surface area (Å²) in [6.07, 6.45) is 16.8. The summed E-state index contributed by atoms with van der Waals surface area (Å²) in [5.41, 5.74) is 2.76. The van der Waals surface area contributed by atoms with Gasteiger partial charge in [0.25, 0.3) is 0 Å². The largest absolute Gasteiger partial charge is 0.396 e. The number of hydrogen-bond acceptors (Lipinski definition) is 7. The fourth-order valence-corrected chi connectivity index (χ4v) is 8.08. The smallest absolute Gasteiger partial charge is 0.145 e. The van der Waals surface area contributed by atoms with Gasteiger partial charge in [0, 0.05) is 23.9 Å². The van der Waals surface area contributed by atoms with Crippen molar-refractivity contribution in [3.8, 4) is 0 Å². The first kappa shape index (κ1) is 35.4. The Morgan fingerprint density at radius 3 is 2.63 bits per heavy atom. The van der Waals surface area contributed by atoms with Crippen LogP contribution in [0.5, 0.6) is 0 Å². The summed E-state index contributed by atoms with van der Waals surface area (Å²) >= 11 is 0. The fraction of sp³-hybridized carbons (Fsp3) is 0.639. The Kier molecular flexibility index (Phi) is 13.4. The molecule has 5 N–H and O–H groups in total. The molecule has 2 bridgehead atoms. The van der Waals surface area contributed by atoms with Crippen molar-refractivity contribution in [3.05, 3.63) is 70.9 Å². The topological polar surface area (TPSA) is 119 Å². The van der Waals surface area contributed by atoms with Crippen LogP contribution >= 0.6 is 0 Å². The second-order valence-corrected chi connectivity index (χ2v) is 13.0. The molecule has 7 heteroatoms. The first-order valence-electron chi connectivity index (χ1n) is 16.0. The minimum atomic E-state index is -1.18. The van der Waals surface area contributed by atoms with Crippen LogP contribution in [0.4, 0.5) is 0 Å². The maximum atomic E-state index is 12.6. The lowest BCUT2D eigenvalue weighted by Gasteiger charge is -2.61. The van der Waals surface area contributed by atoms with Gasteiger partial charge in [-0.3, -0.25) is 4.79 Å². The van der Waals surface area contributed by atoms with E-state index in [1.165, 1.54) is 5.57 Å². The van der Waals surface area contributed by atoms with Gasteiger partial charge in [0.1, 0.15) is 6.29 Å². The van der Waals surface area contributed by atoms with Crippen LogP contribution < -0.4 is 5.32 Å². The summed E-state index contributed by atoms with van der Waals surface area (Å²) in [5.74, 6) is -0.756. The molecule has 7 nitrogen and oxygen atoms in total. The van der Waals surface area contributed by atoms with Crippen LogP contribution in [-0.4, -0.2) is 78.4 Å². The molecule has 0 amide bonds. The minimum absolute atomic E-state index is 0.0173. The third-order valence-corrected chi connectivity index (χ3v) is 10.0. The first-order chi connectivity index (χ1) is 20.6. The molecule has 0 radical (unpaired) electrons. The molecule has 1 spiro atoms. The van der Waals surface area contributed by atoms with E-state index in [0.29, 0.717) is 44.2 Å². The van der Waals surface area contributed by atoms with Crippen LogP contribution in [0.15, 0.2) is 70.9 Å². The standard InChI is InChI=1S/C36H55NO6/c1-25(2)8-6-9-26(3)10-7-11-30(24-43-21-20-39)31-14-16-36(34(31)41)33-28(15-19-38)12-13-29(32(33)27(4)23-40)22-35(36,42)17-18-37-5/h7-8,10-13,23,28-29,31,33-34,37-39,41-42H,3,6,9,14-22,24H2,1-2,4-5H3/b10-7+,30-11-,32-27?/t28-,29-,31-,33-,34+,35+,36+/m0/s1. The molecule has 43 heavy (non-hydrogen) atoms. The lowest BCUT2D eigenvalue weighted by molar-refractivity contribution is -0.194. The number of ether oxygens (including phenoxy) is 1. The van der Waals surface area contributed by atoms with E-state index in [0.717, 1.165) is 35.8 Å². The van der Waals surface area contributed by atoms with E-state index in [4.69, 9.17) is 4.74 Å². The van der Waals surface area contributed by atoms with E-state index < -0.39 is 17.1 Å². The van der Waals surface area contributed by atoms with Crippen molar-refractivity contribution in [2.75, 3.05) is 40.0 Å². The molecule has 0 saturated heterocycles. The van der Waals surface area contributed by atoms with E-state index in [1.54, 1.807) is 0 Å². The Bertz CT molecular complexity index is 1110. The molecule has 240 valence electrons. The van der Waals surface area contributed by atoms with Gasteiger partial charge in [-0.1, -0.05) is 59.8 Å². The van der Waals surface area contributed by atoms with Crippen molar-refractivity contribution in [1.29, 1.82) is 0 Å². The van der Waals surface area contributed by atoms with Crippen LogP contribution in [-0.2, 0) is 9.53 Å². The van der Waals surface area contributed by atoms with Crippen molar-refractivity contribution in [2.45, 2.75) is 77.4 Å². The summed E-state index contributed by atoms with van der Waals surface area (Å²) in [5, 5.41) is 47.7. The van der Waals surface area contributed by atoms with E-state index >= 15 is 0 Å². The number of rotatable bonds is 16. The van der Waals surface area contributed by atoms with Crippen molar-refractivity contribution in [3.63, 3.8) is 0 Å². The molecular formula is C36H55NO6. The molecule has 0 unspecified atom stereocenters. The molecule has 0 aromatic carbocycles. The number of fused-ring (bicyclic) bond motifs is 3. The highest BCUT2D eigenvalue weighted by Crippen LogP contribution is 2.67. The normalized spacial score (nSPS) is 33.3. The van der Waals surface area contributed by atoms with E-state index in [9.17, 15) is 25.2 Å². The van der Waals surface area contributed by atoms with Crippen molar-refractivity contribution >= 4 is 6.29 Å². The predicted molar refractivity (Wildman–Crippen MR) is 172 cm³/mol. The van der Waals surface area contributed by atoms with Crippen LogP contribution in [0.3, 0.4) is 0 Å². The maximum Gasteiger partial charge on any atom is 0.145 e. The van der Waals surface area contributed by atoms with Crippen LogP contribution in [0, 0.1) is 29.1 Å². The molecule has 3 rings (SSSR count). The number of carbonyl (C=O) groups is 1. The molecule has 2 fully saturated rings. The average Bonchev–Trinajstić information content (AvgIpc) is 3.32. The zero-order chi connectivity index (χ0) is 31.6. The fourth-order valence-electron chi connectivity index (χ4n) is 8.08. The second-order valence-electron chi connectivity index (χ2n) is 13.0. The molecule has 3 aliphatic carbocycles. The SMILES string of the molecule is C=C(/C=C/C=C(/COCCO)[C@@H]1CC[C@]2([C@@H]1O)[C@@H]1C(=C(C)C=O)[C@@H](C=C[C@H]1CCO)C[C@]2(O)CCNC)CCC=C(C)C. The zero-order valence-corrected chi connectivity index (χ0v) is 26.7. The molecule has 0 aliphatic heterocycles. The highest BCUT2D eigenvalue weighted by atomic mass is 16.5. The summed E-state index contributed by atoms with van der Waals surface area (Å²) < 4.78 is 5.80. The molecule has 0 heterocycles. The van der Waals surface area contributed by atoms with E-state index in [1.807, 2.05) is 32.2 Å². The molecule has 0 aromatic rings. The van der Waals surface area contributed by atoms with Crippen molar-refractivity contribution < 1.29 is 30.0 Å². The summed E-state index contributed by atoms with van der Waals surface area (Å²) in [4.78, 5) is 12.2. The molecule has 7 atom stereocenters. The molecule has 2 saturated carbocycles. The summed E-state index contributed by atoms with van der Waals surface area (Å²) in [7, 11) is 1.86. The third-order valence-electron chi connectivity index (χ3n) is 10.0. The number of carbonyl (C=O) groups excluding carboxylic acids is 1. The number of aliphatic hydroxyl groups excluding tert-OH is 3. The van der Waals surface area contributed by atoms with Gasteiger partial charge in [-0.15, -0.1) is 0 Å². The van der Waals surface area contributed by atoms with Gasteiger partial charge in [0.05, 0.1) is 31.5 Å². The Balaban J connectivity index is 2.07. The van der Waals surface area contributed by atoms with Crippen LogP contribution in [0.1, 0.15) is 65.7 Å². The number of aliphatic hydroxyl groups is 4. The van der Waals surface area contributed by atoms with Gasteiger partial charge in [-0.05, 0) is 102 Å². The molecule has 3 aliphatic rings. The molecular weight excluding hydrogens is 542 g/mol. The van der Waals surface area contributed by atoms with Crippen molar-refractivity contribution in [1.82, 2.24) is 5.32 Å². The van der Waals surface area contributed by atoms with E-state index in [2.05, 4.69) is 44.0 Å². The van der Waals surface area contributed by atoms with Gasteiger partial charge in [-0.2, -0.15) is 0 Å². The van der Waals surface area contributed by atoms with Crippen molar-refractivity contribution in [2.24, 2.45) is 29.1 Å². The second kappa shape index (κ2) is 16.3. The molecule has 0 aromatic heterocycles. The highest BCUT2D eigenvalue weighted by Gasteiger charge is 2.68. The number of allylic oxidation sites excluding steroid dienone is 10. The third kappa shape index (κ3) is 7.75. The number of aldehydes is 1. The quantitative estimate of drug-likeness (QED) is 0.0580. The average molecular weight is 598 g/mol. The first-order valence-corrected chi connectivity index (χ1v) is 16.0. The van der Waals surface area contributed by atoms with Gasteiger partial charge >= 0.3 is 0 Å². The Morgan fingerprint density at radius 2 is 1.98 bits per heavy atom. The number of hydrogen-bond donors (Lipinski definition) is 5. The van der Waals surface area contributed by atoms with Crippen LogP contribution in [0.2, 0.25) is 0 Å². The number of nitrogens with one attached hydrogen (secondary N) is 1. The Morgan fingerprint density at radius 1 is 1.21 bits per heavy atom. The van der Waals surface area contributed by atoms with Gasteiger partial charge in [0.2, 0.25) is 0 Å². The van der Waals surface area contributed by atoms with Crippen LogP contribution in [0.25, 0.3) is 0 Å². The van der Waals surface area contributed by atoms with E-state index in [-0.39, 0.29) is 50.1 Å². The predicted octanol–water partition coefficient (Wildman–Crippen LogP) is 4.60. The van der Waals surface area contributed by atoms with Gasteiger partial charge < -0.3 is 30.5 Å². The lowest BCUT2D eigenvalue weighted by atomic mass is 9.45. The monoisotopic (exact) mass is 597 g/mol. The summed E-state index contributed by atoms with van der Waals surface area (Å²) in [6, 6.07) is 0. The van der Waals surface area contributed by atoms with Gasteiger partial charge in [0.15, 0.2) is 0 Å². The Labute approximate surface area is 258 Å². The van der Waals surface area contributed by atoms with Gasteiger partial charge in [-0.25, -0.2) is 0 Å². The lowest BCUT2D eigenvalue weighted by Crippen LogP contribution is -2.65.